The maximum atomic E-state index is 5.26. The lowest BCUT2D eigenvalue weighted by molar-refractivity contribution is 0.777. The zero-order valence-electron chi connectivity index (χ0n) is 12.5. The fraction of sp³-hybridized carbons (Fsp3) is 0.294. The van der Waals surface area contributed by atoms with Crippen molar-refractivity contribution in [1.29, 1.82) is 0 Å². The van der Waals surface area contributed by atoms with Gasteiger partial charge >= 0.3 is 0 Å². The number of aryl methyl sites for hydroxylation is 3. The van der Waals surface area contributed by atoms with Crippen molar-refractivity contribution in [3.8, 4) is 0 Å². The van der Waals surface area contributed by atoms with E-state index < -0.39 is 0 Å². The molecule has 0 aliphatic carbocycles. The number of nitrogens with one attached hydrogen (secondary N) is 2. The van der Waals surface area contributed by atoms with Gasteiger partial charge < -0.3 is 10.6 Å². The fourth-order valence-corrected chi connectivity index (χ4v) is 2.23. The van der Waals surface area contributed by atoms with Crippen molar-refractivity contribution in [3.63, 3.8) is 0 Å². The summed E-state index contributed by atoms with van der Waals surface area (Å²) < 4.78 is 0. The van der Waals surface area contributed by atoms with E-state index in [1.165, 1.54) is 11.1 Å². The smallest absolute Gasteiger partial charge is 0.171 e. The molecule has 2 rings (SSSR count). The minimum absolute atomic E-state index is 0.622. The summed E-state index contributed by atoms with van der Waals surface area (Å²) in [5, 5.41) is 6.93. The van der Waals surface area contributed by atoms with Crippen molar-refractivity contribution in [2.45, 2.75) is 26.7 Å². The van der Waals surface area contributed by atoms with E-state index in [2.05, 4.69) is 46.8 Å². The Labute approximate surface area is 131 Å². The first kappa shape index (κ1) is 15.4. The maximum Gasteiger partial charge on any atom is 0.171 e. The second-order valence-electron chi connectivity index (χ2n) is 5.13. The average molecular weight is 299 g/mol. The zero-order valence-corrected chi connectivity index (χ0v) is 13.3. The van der Waals surface area contributed by atoms with Gasteiger partial charge in [0.25, 0.3) is 0 Å². The Morgan fingerprint density at radius 2 is 1.86 bits per heavy atom. The van der Waals surface area contributed by atoms with Crippen molar-refractivity contribution in [2.24, 2.45) is 0 Å². The fourth-order valence-electron chi connectivity index (χ4n) is 2.02. The number of pyridine rings is 1. The highest BCUT2D eigenvalue weighted by atomic mass is 32.1. The first-order valence-electron chi connectivity index (χ1n) is 7.17. The normalized spacial score (nSPS) is 10.2. The monoisotopic (exact) mass is 299 g/mol. The molecular formula is C17H21N3S. The van der Waals surface area contributed by atoms with Crippen LogP contribution in [0.15, 0.2) is 42.5 Å². The summed E-state index contributed by atoms with van der Waals surface area (Å²) in [7, 11) is 0. The molecule has 0 saturated heterocycles. The van der Waals surface area contributed by atoms with E-state index in [-0.39, 0.29) is 0 Å². The number of hydrogen-bond donors (Lipinski definition) is 2. The van der Waals surface area contributed by atoms with E-state index in [0.717, 1.165) is 30.9 Å². The second kappa shape index (κ2) is 7.74. The van der Waals surface area contributed by atoms with Crippen LogP contribution in [0.4, 0.5) is 5.82 Å². The van der Waals surface area contributed by atoms with E-state index in [9.17, 15) is 0 Å². The number of nitrogens with zero attached hydrogens (tertiary/aromatic N) is 1. The van der Waals surface area contributed by atoms with Crippen molar-refractivity contribution in [3.05, 3.63) is 59.3 Å². The summed E-state index contributed by atoms with van der Waals surface area (Å²) in [5.74, 6) is 0.783. The van der Waals surface area contributed by atoms with Gasteiger partial charge in [0.15, 0.2) is 5.11 Å². The molecule has 2 aromatic rings. The van der Waals surface area contributed by atoms with Gasteiger partial charge in [-0.25, -0.2) is 4.98 Å². The van der Waals surface area contributed by atoms with Gasteiger partial charge in [0, 0.05) is 12.2 Å². The summed E-state index contributed by atoms with van der Waals surface area (Å²) >= 11 is 5.26. The molecule has 0 fully saturated rings. The summed E-state index contributed by atoms with van der Waals surface area (Å²) in [6.07, 6.45) is 2.10. The Kier molecular flexibility index (Phi) is 5.69. The lowest BCUT2D eigenvalue weighted by Gasteiger charge is -2.10. The average Bonchev–Trinajstić information content (AvgIpc) is 2.45. The van der Waals surface area contributed by atoms with Crippen LogP contribution < -0.4 is 10.6 Å². The number of rotatable bonds is 5. The molecule has 2 N–H and O–H groups in total. The number of aromatic nitrogens is 1. The van der Waals surface area contributed by atoms with Crippen LogP contribution in [0.1, 0.15) is 23.2 Å². The molecule has 110 valence electrons. The van der Waals surface area contributed by atoms with Crippen molar-refractivity contribution < 1.29 is 0 Å². The molecule has 0 bridgehead atoms. The third-order valence-electron chi connectivity index (χ3n) is 3.18. The lowest BCUT2D eigenvalue weighted by atomic mass is 10.1. The quantitative estimate of drug-likeness (QED) is 0.653. The molecule has 0 spiro atoms. The highest BCUT2D eigenvalue weighted by molar-refractivity contribution is 7.80. The minimum atomic E-state index is 0.622. The van der Waals surface area contributed by atoms with Gasteiger partial charge in [-0.05, 0) is 56.6 Å². The van der Waals surface area contributed by atoms with E-state index in [1.807, 2.05) is 25.1 Å². The van der Waals surface area contributed by atoms with Crippen LogP contribution in [0, 0.1) is 13.8 Å². The molecule has 0 aliphatic heterocycles. The van der Waals surface area contributed by atoms with E-state index in [1.54, 1.807) is 0 Å². The molecular weight excluding hydrogens is 278 g/mol. The van der Waals surface area contributed by atoms with Crippen LogP contribution in [0.25, 0.3) is 0 Å². The molecule has 1 heterocycles. The molecule has 0 saturated carbocycles. The number of hydrogen-bond acceptors (Lipinski definition) is 2. The highest BCUT2D eigenvalue weighted by Crippen LogP contribution is 2.06. The standard InChI is InChI=1S/C17H21N3S/c1-13-8-10-15(11-9-13)6-4-12-18-17(21)20-16-7-3-5-14(2)19-16/h3,5,7-11H,4,6,12H2,1-2H3,(H2,18,19,20,21). The van der Waals surface area contributed by atoms with Crippen LogP contribution >= 0.6 is 12.2 Å². The zero-order chi connectivity index (χ0) is 15.1. The van der Waals surface area contributed by atoms with Crippen LogP contribution in [0.3, 0.4) is 0 Å². The number of thiocarbonyl (C=S) groups is 1. The second-order valence-corrected chi connectivity index (χ2v) is 5.54. The predicted octanol–water partition coefficient (Wildman–Crippen LogP) is 3.62. The Bertz CT molecular complexity index is 593. The number of benzene rings is 1. The molecule has 0 radical (unpaired) electrons. The first-order valence-corrected chi connectivity index (χ1v) is 7.58. The molecule has 3 nitrogen and oxygen atoms in total. The minimum Gasteiger partial charge on any atom is -0.362 e. The molecule has 0 atom stereocenters. The Hall–Kier alpha value is -1.94. The lowest BCUT2D eigenvalue weighted by Crippen LogP contribution is -2.29. The summed E-state index contributed by atoms with van der Waals surface area (Å²) in [6.45, 7) is 4.92. The molecule has 4 heteroatoms. The third kappa shape index (κ3) is 5.52. The summed E-state index contributed by atoms with van der Waals surface area (Å²) in [5.41, 5.74) is 3.64. The van der Waals surface area contributed by atoms with Crippen LogP contribution in [-0.2, 0) is 6.42 Å². The van der Waals surface area contributed by atoms with Crippen LogP contribution in [0.5, 0.6) is 0 Å². The van der Waals surface area contributed by atoms with Gasteiger partial charge in [-0.2, -0.15) is 0 Å². The van der Waals surface area contributed by atoms with Gasteiger partial charge in [-0.1, -0.05) is 35.9 Å². The Morgan fingerprint density at radius 3 is 2.57 bits per heavy atom. The van der Waals surface area contributed by atoms with Crippen molar-refractivity contribution in [1.82, 2.24) is 10.3 Å². The molecule has 1 aromatic carbocycles. The van der Waals surface area contributed by atoms with Gasteiger partial charge in [0.1, 0.15) is 5.82 Å². The molecule has 0 amide bonds. The Morgan fingerprint density at radius 1 is 1.10 bits per heavy atom. The van der Waals surface area contributed by atoms with Crippen molar-refractivity contribution >= 4 is 23.1 Å². The molecule has 0 unspecified atom stereocenters. The van der Waals surface area contributed by atoms with Gasteiger partial charge in [0.05, 0.1) is 0 Å². The van der Waals surface area contributed by atoms with Gasteiger partial charge in [0.2, 0.25) is 0 Å². The topological polar surface area (TPSA) is 37.0 Å². The summed E-state index contributed by atoms with van der Waals surface area (Å²) in [6, 6.07) is 14.5. The van der Waals surface area contributed by atoms with Crippen molar-refractivity contribution in [2.75, 3.05) is 11.9 Å². The largest absolute Gasteiger partial charge is 0.362 e. The molecule has 1 aromatic heterocycles. The predicted molar refractivity (Wildman–Crippen MR) is 92.7 cm³/mol. The highest BCUT2D eigenvalue weighted by Gasteiger charge is 1.99. The van der Waals surface area contributed by atoms with Crippen LogP contribution in [-0.4, -0.2) is 16.6 Å². The van der Waals surface area contributed by atoms with Gasteiger partial charge in [-0.3, -0.25) is 0 Å². The Balaban J connectivity index is 1.68. The SMILES string of the molecule is Cc1ccc(CCCNC(=S)Nc2cccc(C)n2)cc1. The number of anilines is 1. The third-order valence-corrected chi connectivity index (χ3v) is 3.42. The van der Waals surface area contributed by atoms with Crippen LogP contribution in [0.2, 0.25) is 0 Å². The molecule has 21 heavy (non-hydrogen) atoms. The maximum absolute atomic E-state index is 5.26. The molecule has 0 aliphatic rings. The van der Waals surface area contributed by atoms with Gasteiger partial charge in [-0.15, -0.1) is 0 Å². The van der Waals surface area contributed by atoms with E-state index in [4.69, 9.17) is 12.2 Å². The van der Waals surface area contributed by atoms with E-state index in [0.29, 0.717) is 5.11 Å². The first-order chi connectivity index (χ1) is 10.1. The van der Waals surface area contributed by atoms with E-state index >= 15 is 0 Å². The summed E-state index contributed by atoms with van der Waals surface area (Å²) in [4.78, 5) is 4.36.